The Labute approximate surface area is 144 Å². The molecule has 10 nitrogen and oxygen atoms in total. The molecule has 1 heterocycles. The zero-order valence-corrected chi connectivity index (χ0v) is 13.3. The molecule has 1 aromatic carbocycles. The number of carboxylic acid groups (broad SMARTS) is 1. The van der Waals surface area contributed by atoms with Gasteiger partial charge >= 0.3 is 5.97 Å². The van der Waals surface area contributed by atoms with Crippen LogP contribution in [0.4, 0.5) is 11.4 Å². The number of carbonyl (C=O) groups is 2. The number of nitrogens with one attached hydrogen (secondary N) is 1. The van der Waals surface area contributed by atoms with Gasteiger partial charge in [-0.1, -0.05) is 23.2 Å². The molecule has 1 amide bonds. The van der Waals surface area contributed by atoms with Crippen LogP contribution in [0.5, 0.6) is 0 Å². The zero-order chi connectivity index (χ0) is 18.0. The first kappa shape index (κ1) is 17.4. The van der Waals surface area contributed by atoms with Crippen molar-refractivity contribution in [1.29, 1.82) is 0 Å². The average molecular weight is 372 g/mol. The third kappa shape index (κ3) is 3.34. The fourth-order valence-electron chi connectivity index (χ4n) is 1.79. The largest absolute Gasteiger partial charge is 0.478 e. The smallest absolute Gasteiger partial charge is 0.337 e. The van der Waals surface area contributed by atoms with Crippen LogP contribution >= 0.6 is 23.2 Å². The van der Waals surface area contributed by atoms with Crippen LogP contribution in [0.1, 0.15) is 20.8 Å². The lowest BCUT2D eigenvalue weighted by Gasteiger charge is -2.11. The number of rotatable bonds is 3. The van der Waals surface area contributed by atoms with E-state index in [1.165, 1.54) is 12.1 Å². The Morgan fingerprint density at radius 3 is 2.42 bits per heavy atom. The second kappa shape index (κ2) is 6.64. The molecule has 0 radical (unpaired) electrons. The lowest BCUT2D eigenvalue weighted by atomic mass is 10.1. The fraction of sp³-hybridized carbons (Fsp3) is 0. The molecule has 0 unspecified atom stereocenters. The second-order valence-electron chi connectivity index (χ2n) is 4.45. The Hall–Kier alpha value is -2.98. The Morgan fingerprint density at radius 2 is 1.88 bits per heavy atom. The summed E-state index contributed by atoms with van der Waals surface area (Å²) >= 11 is 11.6. The van der Waals surface area contributed by atoms with Gasteiger partial charge < -0.3 is 27.8 Å². The van der Waals surface area contributed by atoms with Gasteiger partial charge in [0.25, 0.3) is 5.91 Å². The molecule has 0 fully saturated rings. The molecule has 8 N–H and O–H groups in total. The fourth-order valence-corrected chi connectivity index (χ4v) is 2.12. The van der Waals surface area contributed by atoms with Gasteiger partial charge in [0.1, 0.15) is 0 Å². The number of anilines is 2. The van der Waals surface area contributed by atoms with Crippen LogP contribution < -0.4 is 28.2 Å². The lowest BCUT2D eigenvalue weighted by molar-refractivity contribution is 0.0698. The molecule has 0 saturated carbocycles. The van der Waals surface area contributed by atoms with E-state index in [1.54, 1.807) is 0 Å². The first-order valence-electron chi connectivity index (χ1n) is 6.17. The van der Waals surface area contributed by atoms with Crippen LogP contribution in [0.25, 0.3) is 0 Å². The van der Waals surface area contributed by atoms with Gasteiger partial charge in [-0.15, -0.1) is 5.10 Å². The molecular formula is C12H11Cl2N7O3. The molecule has 2 rings (SSSR count). The van der Waals surface area contributed by atoms with Crippen molar-refractivity contribution >= 4 is 46.5 Å². The van der Waals surface area contributed by atoms with Crippen LogP contribution in [0.15, 0.2) is 23.3 Å². The normalized spacial score (nSPS) is 11.3. The van der Waals surface area contributed by atoms with E-state index >= 15 is 0 Å². The van der Waals surface area contributed by atoms with Crippen LogP contribution in [-0.2, 0) is 0 Å². The third-order valence-corrected chi connectivity index (χ3v) is 3.60. The molecule has 2 aromatic rings. The number of nitrogens with zero attached hydrogens (tertiary/aromatic N) is 3. The maximum atomic E-state index is 12.3. The number of hydrogen-bond acceptors (Lipinski definition) is 7. The van der Waals surface area contributed by atoms with Crippen molar-refractivity contribution in [3.63, 3.8) is 0 Å². The first-order valence-corrected chi connectivity index (χ1v) is 6.92. The van der Waals surface area contributed by atoms with E-state index in [4.69, 9.17) is 40.6 Å². The van der Waals surface area contributed by atoms with Gasteiger partial charge in [0.05, 0.1) is 27.0 Å². The molecular weight excluding hydrogens is 361 g/mol. The molecule has 0 aliphatic rings. The number of benzene rings is 1. The van der Waals surface area contributed by atoms with Crippen molar-refractivity contribution < 1.29 is 14.7 Å². The number of aromatic carboxylic acids is 1. The van der Waals surface area contributed by atoms with Crippen molar-refractivity contribution in [3.8, 4) is 0 Å². The summed E-state index contributed by atoms with van der Waals surface area (Å²) in [5.41, 5.74) is 5.12. The minimum absolute atomic E-state index is 0.00717. The zero-order valence-electron chi connectivity index (χ0n) is 11.8. The Kier molecular flexibility index (Phi) is 4.81. The number of carbonyl (C=O) groups excluding carboxylic acids is 1. The number of nitrogens with two attached hydrogens (primary N) is 3. The maximum absolute atomic E-state index is 12.3. The minimum atomic E-state index is -1.30. The van der Waals surface area contributed by atoms with E-state index in [0.717, 1.165) is 10.9 Å². The molecule has 0 aliphatic carbocycles. The highest BCUT2D eigenvalue weighted by Gasteiger charge is 2.18. The summed E-state index contributed by atoms with van der Waals surface area (Å²) in [6.07, 6.45) is 0. The van der Waals surface area contributed by atoms with E-state index in [1.807, 2.05) is 0 Å². The molecule has 24 heavy (non-hydrogen) atoms. The number of halogens is 2. The SMILES string of the molecule is N/N=c1/c(N)cc(C(=O)Nc2cc(Cl)c(Cl)cc2C(=O)O)nn1N. The highest BCUT2D eigenvalue weighted by atomic mass is 35.5. The number of aromatic nitrogens is 2. The van der Waals surface area contributed by atoms with Crippen molar-refractivity contribution in [1.82, 2.24) is 9.89 Å². The molecule has 0 aliphatic heterocycles. The van der Waals surface area contributed by atoms with Crippen LogP contribution in [0.2, 0.25) is 10.0 Å². The topological polar surface area (TPSA) is 175 Å². The van der Waals surface area contributed by atoms with Gasteiger partial charge in [-0.2, -0.15) is 9.89 Å². The average Bonchev–Trinajstić information content (AvgIpc) is 2.50. The number of nitrogen functional groups attached to an aromatic ring is 2. The summed E-state index contributed by atoms with van der Waals surface area (Å²) in [6.45, 7) is 0. The predicted molar refractivity (Wildman–Crippen MR) is 87.9 cm³/mol. The van der Waals surface area contributed by atoms with Crippen molar-refractivity contribution in [3.05, 3.63) is 45.0 Å². The summed E-state index contributed by atoms with van der Waals surface area (Å²) in [6, 6.07) is 3.50. The van der Waals surface area contributed by atoms with Gasteiger partial charge in [-0.3, -0.25) is 4.79 Å². The van der Waals surface area contributed by atoms with Gasteiger partial charge in [0, 0.05) is 0 Å². The summed E-state index contributed by atoms with van der Waals surface area (Å²) in [4.78, 5) is 24.2. The quantitative estimate of drug-likeness (QED) is 0.378. The van der Waals surface area contributed by atoms with Crippen LogP contribution in [0.3, 0.4) is 0 Å². The van der Waals surface area contributed by atoms with E-state index in [-0.39, 0.29) is 38.2 Å². The summed E-state index contributed by atoms with van der Waals surface area (Å²) < 4.78 is 0. The first-order chi connectivity index (χ1) is 11.2. The number of amides is 1. The van der Waals surface area contributed by atoms with E-state index in [9.17, 15) is 14.7 Å². The van der Waals surface area contributed by atoms with Gasteiger partial charge in [-0.05, 0) is 18.2 Å². The molecule has 12 heteroatoms. The number of hydrogen-bond donors (Lipinski definition) is 5. The monoisotopic (exact) mass is 371 g/mol. The molecule has 126 valence electrons. The van der Waals surface area contributed by atoms with Crippen molar-refractivity contribution in [2.75, 3.05) is 16.9 Å². The Morgan fingerprint density at radius 1 is 1.25 bits per heavy atom. The summed E-state index contributed by atoms with van der Waals surface area (Å²) in [5, 5.41) is 18.7. The summed E-state index contributed by atoms with van der Waals surface area (Å²) in [5.74, 6) is 8.55. The van der Waals surface area contributed by atoms with Crippen LogP contribution in [-0.4, -0.2) is 26.9 Å². The van der Waals surface area contributed by atoms with E-state index in [0.29, 0.717) is 0 Å². The molecule has 0 spiro atoms. The van der Waals surface area contributed by atoms with E-state index < -0.39 is 11.9 Å². The minimum Gasteiger partial charge on any atom is -0.478 e. The standard InChI is InChI=1S/C12H11Cl2N7O3/c13-5-1-4(12(23)24)8(2-6(5)14)18-11(22)9-3-7(15)10(19-16)21(17)20-9/h1-3H,15-17H2,(H,18,22)(H,23,24)/b19-10-. The Balaban J connectivity index is 2.44. The molecule has 1 aromatic heterocycles. The second-order valence-corrected chi connectivity index (χ2v) is 5.27. The highest BCUT2D eigenvalue weighted by molar-refractivity contribution is 6.42. The van der Waals surface area contributed by atoms with Gasteiger partial charge in [0.2, 0.25) is 5.49 Å². The molecule has 0 bridgehead atoms. The highest BCUT2D eigenvalue weighted by Crippen LogP contribution is 2.29. The number of carboxylic acids is 1. The van der Waals surface area contributed by atoms with Gasteiger partial charge in [0.15, 0.2) is 5.69 Å². The summed E-state index contributed by atoms with van der Waals surface area (Å²) in [7, 11) is 0. The van der Waals surface area contributed by atoms with Crippen LogP contribution in [0, 0.1) is 0 Å². The maximum Gasteiger partial charge on any atom is 0.337 e. The lowest BCUT2D eigenvalue weighted by Crippen LogP contribution is -2.35. The van der Waals surface area contributed by atoms with Crippen molar-refractivity contribution in [2.45, 2.75) is 0 Å². The molecule has 0 atom stereocenters. The van der Waals surface area contributed by atoms with Crippen molar-refractivity contribution in [2.24, 2.45) is 10.9 Å². The van der Waals surface area contributed by atoms with Gasteiger partial charge in [-0.25, -0.2) is 4.79 Å². The third-order valence-electron chi connectivity index (χ3n) is 2.88. The predicted octanol–water partition coefficient (Wildman–Crippen LogP) is 0.211. The Bertz CT molecular complexity index is 884. The van der Waals surface area contributed by atoms with E-state index in [2.05, 4.69) is 15.5 Å². The molecule has 0 saturated heterocycles.